The zero-order valence-electron chi connectivity index (χ0n) is 14.2. The average Bonchev–Trinajstić information content (AvgIpc) is 3.48. The Kier molecular flexibility index (Phi) is 7.95. The molecule has 1 saturated heterocycles. The molecule has 1 atom stereocenters. The van der Waals surface area contributed by atoms with Gasteiger partial charge in [0.15, 0.2) is 0 Å². The fourth-order valence-electron chi connectivity index (χ4n) is 2.42. The van der Waals surface area contributed by atoms with Crippen molar-refractivity contribution in [3.63, 3.8) is 0 Å². The molecule has 128 valence electrons. The summed E-state index contributed by atoms with van der Waals surface area (Å²) in [6.07, 6.45) is 8.06. The number of piperidine rings is 1. The van der Waals surface area contributed by atoms with Gasteiger partial charge in [-0.3, -0.25) is 4.79 Å². The summed E-state index contributed by atoms with van der Waals surface area (Å²) in [6.45, 7) is 2.93. The molecule has 2 fully saturated rings. The number of ether oxygens (including phenoxy) is 2. The fourth-order valence-corrected chi connectivity index (χ4v) is 2.42. The minimum atomic E-state index is -0.176. The van der Waals surface area contributed by atoms with Crippen molar-refractivity contribution in [1.29, 1.82) is 0 Å². The molecule has 1 aromatic carbocycles. The number of aryl methyl sites for hydroxylation is 1. The summed E-state index contributed by atoms with van der Waals surface area (Å²) in [5.74, 6) is 1.31. The van der Waals surface area contributed by atoms with Gasteiger partial charge >= 0.3 is 5.97 Å². The molecule has 4 nitrogen and oxygen atoms in total. The molecular formula is C19H29NO3. The number of carbonyl (C=O) groups is 1. The quantitative estimate of drug-likeness (QED) is 0.817. The van der Waals surface area contributed by atoms with E-state index in [4.69, 9.17) is 4.74 Å². The summed E-state index contributed by atoms with van der Waals surface area (Å²) in [7, 11) is 1.42. The van der Waals surface area contributed by atoms with Gasteiger partial charge in [0.1, 0.15) is 5.75 Å². The van der Waals surface area contributed by atoms with Crippen molar-refractivity contribution in [2.24, 2.45) is 5.92 Å². The number of methoxy groups -OCH3 is 1. The number of carbonyl (C=O) groups excluding carboxylic acids is 1. The van der Waals surface area contributed by atoms with E-state index in [1.807, 2.05) is 24.3 Å². The summed E-state index contributed by atoms with van der Waals surface area (Å²) >= 11 is 0. The van der Waals surface area contributed by atoms with Gasteiger partial charge in [-0.15, -0.1) is 0 Å². The largest absolute Gasteiger partial charge is 0.493 e. The summed E-state index contributed by atoms with van der Waals surface area (Å²) in [4.78, 5) is 11.1. The molecular weight excluding hydrogens is 290 g/mol. The van der Waals surface area contributed by atoms with E-state index in [0.29, 0.717) is 18.8 Å². The molecule has 1 saturated carbocycles. The zero-order chi connectivity index (χ0) is 16.3. The average molecular weight is 319 g/mol. The molecule has 0 amide bonds. The van der Waals surface area contributed by atoms with Gasteiger partial charge in [0.05, 0.1) is 13.7 Å². The zero-order valence-corrected chi connectivity index (χ0v) is 14.2. The Morgan fingerprint density at radius 3 is 2.74 bits per heavy atom. The number of rotatable bonds is 6. The van der Waals surface area contributed by atoms with Crippen LogP contribution in [0.25, 0.3) is 0 Å². The second-order valence-electron chi connectivity index (χ2n) is 6.31. The first kappa shape index (κ1) is 17.8. The third-order valence-electron chi connectivity index (χ3n) is 3.98. The highest BCUT2D eigenvalue weighted by Gasteiger charge is 2.13. The molecule has 0 spiro atoms. The topological polar surface area (TPSA) is 47.6 Å². The first-order valence-corrected chi connectivity index (χ1v) is 8.77. The number of nitrogens with one attached hydrogen (secondary N) is 1. The molecule has 3 rings (SSSR count). The van der Waals surface area contributed by atoms with Crippen LogP contribution in [0.15, 0.2) is 24.3 Å². The molecule has 23 heavy (non-hydrogen) atoms. The van der Waals surface area contributed by atoms with Crippen LogP contribution in [0.1, 0.15) is 44.1 Å². The van der Waals surface area contributed by atoms with Crippen molar-refractivity contribution in [2.75, 3.05) is 26.8 Å². The number of hydrogen-bond acceptors (Lipinski definition) is 4. The molecule has 1 aliphatic carbocycles. The van der Waals surface area contributed by atoms with Crippen molar-refractivity contribution >= 4 is 5.97 Å². The maximum atomic E-state index is 11.1. The van der Waals surface area contributed by atoms with Gasteiger partial charge < -0.3 is 14.8 Å². The van der Waals surface area contributed by atoms with E-state index in [2.05, 4.69) is 10.1 Å². The summed E-state index contributed by atoms with van der Waals surface area (Å²) < 4.78 is 10.5. The Morgan fingerprint density at radius 2 is 2.09 bits per heavy atom. The number of hydrogen-bond donors (Lipinski definition) is 1. The minimum Gasteiger partial charge on any atom is -0.493 e. The molecule has 0 radical (unpaired) electrons. The maximum Gasteiger partial charge on any atom is 0.305 e. The lowest BCUT2D eigenvalue weighted by Gasteiger charge is -2.22. The van der Waals surface area contributed by atoms with Gasteiger partial charge in [-0.2, -0.15) is 0 Å². The fraction of sp³-hybridized carbons (Fsp3) is 0.632. The molecule has 1 unspecified atom stereocenters. The third kappa shape index (κ3) is 8.03. The first-order valence-electron chi connectivity index (χ1n) is 8.77. The van der Waals surface area contributed by atoms with Crippen molar-refractivity contribution in [3.05, 3.63) is 29.8 Å². The molecule has 1 aliphatic heterocycles. The highest BCUT2D eigenvalue weighted by Crippen LogP contribution is 2.17. The second kappa shape index (κ2) is 10.3. The molecule has 2 aliphatic rings. The SMILES string of the molecule is C1CC1.COC(=O)CCc1cccc(OCC2CCCNC2)c1. The smallest absolute Gasteiger partial charge is 0.305 e. The van der Waals surface area contributed by atoms with Crippen LogP contribution in [0, 0.1) is 5.92 Å². The van der Waals surface area contributed by atoms with E-state index in [9.17, 15) is 4.79 Å². The van der Waals surface area contributed by atoms with Gasteiger partial charge in [-0.25, -0.2) is 0 Å². The molecule has 4 heteroatoms. The highest BCUT2D eigenvalue weighted by atomic mass is 16.5. The van der Waals surface area contributed by atoms with E-state index in [1.54, 1.807) is 0 Å². The molecule has 0 bridgehead atoms. The Morgan fingerprint density at radius 1 is 1.26 bits per heavy atom. The standard InChI is InChI=1S/C16H23NO3.C3H6/c1-19-16(18)8-7-13-4-2-6-15(10-13)20-12-14-5-3-9-17-11-14;1-2-3-1/h2,4,6,10,14,17H,3,5,7-9,11-12H2,1H3;1-3H2. The van der Waals surface area contributed by atoms with E-state index in [1.165, 1.54) is 39.2 Å². The lowest BCUT2D eigenvalue weighted by Crippen LogP contribution is -2.33. The second-order valence-corrected chi connectivity index (χ2v) is 6.31. The van der Waals surface area contributed by atoms with Crippen LogP contribution in [-0.4, -0.2) is 32.8 Å². The molecule has 1 heterocycles. The highest BCUT2D eigenvalue weighted by molar-refractivity contribution is 5.69. The lowest BCUT2D eigenvalue weighted by atomic mass is 10.0. The summed E-state index contributed by atoms with van der Waals surface area (Å²) in [6, 6.07) is 7.97. The van der Waals surface area contributed by atoms with Crippen LogP contribution in [0.2, 0.25) is 0 Å². The van der Waals surface area contributed by atoms with Crippen molar-refractivity contribution in [2.45, 2.75) is 44.9 Å². The first-order chi connectivity index (χ1) is 11.3. The molecule has 1 N–H and O–H groups in total. The van der Waals surface area contributed by atoms with Crippen LogP contribution in [0.5, 0.6) is 5.75 Å². The monoisotopic (exact) mass is 319 g/mol. The van der Waals surface area contributed by atoms with Crippen molar-refractivity contribution in [1.82, 2.24) is 5.32 Å². The normalized spacial score (nSPS) is 19.3. The third-order valence-corrected chi connectivity index (χ3v) is 3.98. The molecule has 0 aromatic heterocycles. The van der Waals surface area contributed by atoms with Crippen LogP contribution >= 0.6 is 0 Å². The Bertz CT molecular complexity index is 465. The van der Waals surface area contributed by atoms with Crippen LogP contribution in [0.3, 0.4) is 0 Å². The van der Waals surface area contributed by atoms with E-state index in [0.717, 1.165) is 31.0 Å². The van der Waals surface area contributed by atoms with Crippen LogP contribution in [0.4, 0.5) is 0 Å². The van der Waals surface area contributed by atoms with Gasteiger partial charge in [0.2, 0.25) is 0 Å². The minimum absolute atomic E-state index is 0.176. The van der Waals surface area contributed by atoms with E-state index >= 15 is 0 Å². The summed E-state index contributed by atoms with van der Waals surface area (Å²) in [5, 5.41) is 3.39. The van der Waals surface area contributed by atoms with Crippen molar-refractivity contribution < 1.29 is 14.3 Å². The Labute approximate surface area is 139 Å². The lowest BCUT2D eigenvalue weighted by molar-refractivity contribution is -0.140. The predicted octanol–water partition coefficient (Wildman–Crippen LogP) is 3.34. The summed E-state index contributed by atoms with van der Waals surface area (Å²) in [5.41, 5.74) is 1.11. The van der Waals surface area contributed by atoms with Gasteiger partial charge in [0.25, 0.3) is 0 Å². The molecule has 1 aromatic rings. The maximum absolute atomic E-state index is 11.1. The van der Waals surface area contributed by atoms with E-state index in [-0.39, 0.29) is 5.97 Å². The van der Waals surface area contributed by atoms with Crippen LogP contribution in [-0.2, 0) is 16.0 Å². The van der Waals surface area contributed by atoms with Gasteiger partial charge in [-0.1, -0.05) is 31.4 Å². The van der Waals surface area contributed by atoms with Crippen LogP contribution < -0.4 is 10.1 Å². The Balaban J connectivity index is 0.000000572. The van der Waals surface area contributed by atoms with Gasteiger partial charge in [-0.05, 0) is 43.5 Å². The predicted molar refractivity (Wildman–Crippen MR) is 91.7 cm³/mol. The van der Waals surface area contributed by atoms with Crippen molar-refractivity contribution in [3.8, 4) is 5.75 Å². The number of benzene rings is 1. The van der Waals surface area contributed by atoms with Gasteiger partial charge in [0, 0.05) is 18.9 Å². The van der Waals surface area contributed by atoms with E-state index < -0.39 is 0 Å². The Hall–Kier alpha value is -1.55. The number of esters is 1.